The third-order valence-corrected chi connectivity index (χ3v) is 12.5. The maximum absolute atomic E-state index is 13.6. The van der Waals surface area contributed by atoms with Crippen LogP contribution in [0.2, 0.25) is 0 Å². The van der Waals surface area contributed by atoms with Crippen LogP contribution in [0.25, 0.3) is 10.9 Å². The predicted molar refractivity (Wildman–Crippen MR) is 222 cm³/mol. The molecule has 6 rings (SSSR count). The normalized spacial score (nSPS) is 20.2. The summed E-state index contributed by atoms with van der Waals surface area (Å²) in [7, 11) is 0.274. The number of benzene rings is 1. The summed E-state index contributed by atoms with van der Waals surface area (Å²) in [5.41, 5.74) is -0.0196. The Morgan fingerprint density at radius 3 is 2.53 bits per heavy atom. The number of pyridine rings is 1. The van der Waals surface area contributed by atoms with E-state index in [1.54, 1.807) is 42.7 Å². The Balaban J connectivity index is 0.000000323. The fraction of sp³-hybridized carbons (Fsp3) is 0.571. The quantitative estimate of drug-likeness (QED) is 0.0922. The number of phenolic OH excluding ortho intramolecular Hbond substituents is 1. The number of hydrogen-bond acceptors (Lipinski definition) is 9. The van der Waals surface area contributed by atoms with Crippen LogP contribution < -0.4 is 25.5 Å². The highest BCUT2D eigenvalue weighted by Gasteiger charge is 2.47. The fourth-order valence-electron chi connectivity index (χ4n) is 6.92. The van der Waals surface area contributed by atoms with Crippen LogP contribution in [0, 0.1) is 17.7 Å². The molecule has 59 heavy (non-hydrogen) atoms. The van der Waals surface area contributed by atoms with Crippen molar-refractivity contribution in [3.05, 3.63) is 64.3 Å². The van der Waals surface area contributed by atoms with Crippen molar-refractivity contribution in [1.29, 1.82) is 0 Å². The molecule has 4 amide bonds. The number of carbonyl (C=O) groups excluding carboxylic acids is 4. The molecule has 322 valence electrons. The number of aromatic hydroxyl groups is 1. The molecule has 17 heteroatoms. The number of aromatic amines is 1. The molecule has 5 unspecified atom stereocenters. The summed E-state index contributed by atoms with van der Waals surface area (Å²) in [5, 5.41) is 19.6. The van der Waals surface area contributed by atoms with Crippen LogP contribution in [0.15, 0.2) is 47.4 Å². The van der Waals surface area contributed by atoms with Crippen molar-refractivity contribution in [2.24, 2.45) is 11.8 Å². The van der Waals surface area contributed by atoms with Crippen LogP contribution >= 0.6 is 0 Å². The molecule has 3 aromatic rings. The number of likely N-dealkylation sites (tertiary alicyclic amines) is 1. The average molecular weight is 840 g/mol. The number of allylic oxidation sites excluding steroid dienone is 2. The molecule has 0 bridgehead atoms. The number of hydrogen-bond donors (Lipinski definition) is 5. The number of amides is 4. The van der Waals surface area contributed by atoms with Crippen molar-refractivity contribution in [1.82, 2.24) is 35.0 Å². The van der Waals surface area contributed by atoms with Gasteiger partial charge in [-0.25, -0.2) is 8.60 Å². The number of halogens is 1. The molecule has 0 radical (unpaired) electrons. The highest BCUT2D eigenvalue weighted by molar-refractivity contribution is 7.85. The van der Waals surface area contributed by atoms with Gasteiger partial charge in [0.2, 0.25) is 17.7 Å². The Labute approximate surface area is 346 Å². The highest BCUT2D eigenvalue weighted by Crippen LogP contribution is 2.43. The van der Waals surface area contributed by atoms with Crippen LogP contribution in [0.5, 0.6) is 11.6 Å². The second kappa shape index (κ2) is 19.8. The molecule has 1 aromatic carbocycles. The van der Waals surface area contributed by atoms with Gasteiger partial charge >= 0.3 is 0 Å². The minimum absolute atomic E-state index is 0.0492. The summed E-state index contributed by atoms with van der Waals surface area (Å²) in [4.78, 5) is 67.3. The molecule has 5 atom stereocenters. The summed E-state index contributed by atoms with van der Waals surface area (Å²) in [6.45, 7) is 9.98. The molecule has 5 N–H and O–H groups in total. The molecule has 2 aromatic heterocycles. The molecular formula is C42H58FN7O8S. The third-order valence-electron chi connectivity index (χ3n) is 10.8. The first-order valence-corrected chi connectivity index (χ1v) is 21.7. The lowest BCUT2D eigenvalue weighted by Crippen LogP contribution is -2.53. The third kappa shape index (κ3) is 11.8. The number of carbonyl (C=O) groups is 4. The molecule has 1 aliphatic heterocycles. The lowest BCUT2D eigenvalue weighted by Gasteiger charge is -2.28. The standard InChI is InChI=1S/C30H46N6O5S.C12H12FNO3/c1-20(2)36-18-14-23(33-36)27(38)32-24(29(40)35-17-10-13-25(35)28(39)31-4)12-9-7-5-6-8-11-21-19-22(21)26(37)34-42(41)30(3)15-16-30;1-6(2)17-10-5-9(15)7-3-4-8(13)12(16)11(7)14-10/h8,11,14,18,20-22,24-25H,5-7,9-10,12-13,15-17,19H2,1-4H3,(H,31,39)(H,32,38)(H,34,37);3-6,16H,1-2H3,(H,14,15)/b11-8-;. The number of nitrogens with zero attached hydrogens (tertiary/aromatic N) is 3. The highest BCUT2D eigenvalue weighted by atomic mass is 32.2. The van der Waals surface area contributed by atoms with E-state index < -0.39 is 40.5 Å². The van der Waals surface area contributed by atoms with Gasteiger partial charge in [0.25, 0.3) is 5.91 Å². The van der Waals surface area contributed by atoms with Gasteiger partial charge in [-0.15, -0.1) is 0 Å². The van der Waals surface area contributed by atoms with Crippen LogP contribution in [-0.2, 0) is 25.4 Å². The van der Waals surface area contributed by atoms with Gasteiger partial charge in [0, 0.05) is 43.2 Å². The van der Waals surface area contributed by atoms with Crippen molar-refractivity contribution in [2.75, 3.05) is 13.6 Å². The van der Waals surface area contributed by atoms with E-state index in [1.165, 1.54) is 12.1 Å². The van der Waals surface area contributed by atoms with E-state index in [4.69, 9.17) is 4.74 Å². The number of phenols is 1. The van der Waals surface area contributed by atoms with Crippen LogP contribution in [0.4, 0.5) is 4.39 Å². The SMILES string of the molecule is CC(C)Oc1cc(=O)c2ccc(F)c(O)c2[nH]1.CNC(=O)C1CCCN1C(=O)C(CCCCC/C=C\C1CC1C(=O)NS(=O)C1(C)CC1)NC(=O)c1ccn(C(C)C)n1. The van der Waals surface area contributed by atoms with Gasteiger partial charge in [0.1, 0.15) is 28.8 Å². The Morgan fingerprint density at radius 2 is 1.86 bits per heavy atom. The summed E-state index contributed by atoms with van der Waals surface area (Å²) in [5.74, 6) is -1.95. The monoisotopic (exact) mass is 839 g/mol. The number of ether oxygens (including phenoxy) is 1. The summed E-state index contributed by atoms with van der Waals surface area (Å²) >= 11 is 0. The number of fused-ring (bicyclic) bond motifs is 1. The maximum atomic E-state index is 13.6. The molecule has 15 nitrogen and oxygen atoms in total. The Hall–Kier alpha value is -5.06. The first-order valence-electron chi connectivity index (χ1n) is 20.5. The van der Waals surface area contributed by atoms with Gasteiger partial charge in [0.15, 0.2) is 22.9 Å². The summed E-state index contributed by atoms with van der Waals surface area (Å²) in [6.07, 6.45) is 13.6. The second-order valence-electron chi connectivity index (χ2n) is 16.3. The van der Waals surface area contributed by atoms with Gasteiger partial charge in [0.05, 0.1) is 16.4 Å². The number of nitrogens with one attached hydrogen (secondary N) is 4. The minimum Gasteiger partial charge on any atom is -0.503 e. The molecule has 3 aliphatic rings. The molecule has 2 saturated carbocycles. The molecule has 2 aliphatic carbocycles. The van der Waals surface area contributed by atoms with Crippen molar-refractivity contribution in [3.8, 4) is 11.6 Å². The fourth-order valence-corrected chi connectivity index (χ4v) is 7.97. The largest absolute Gasteiger partial charge is 0.503 e. The van der Waals surface area contributed by atoms with E-state index in [1.807, 2.05) is 20.8 Å². The number of aromatic nitrogens is 3. The molecule has 3 heterocycles. The summed E-state index contributed by atoms with van der Waals surface area (Å²) in [6, 6.07) is 4.15. The van der Waals surface area contributed by atoms with Crippen LogP contribution in [0.3, 0.4) is 0 Å². The van der Waals surface area contributed by atoms with Gasteiger partial charge in [-0.05, 0) is 110 Å². The zero-order chi connectivity index (χ0) is 43.0. The van der Waals surface area contributed by atoms with E-state index in [0.29, 0.717) is 19.4 Å². The first-order chi connectivity index (χ1) is 28.0. The van der Waals surface area contributed by atoms with E-state index in [-0.39, 0.29) is 74.4 Å². The van der Waals surface area contributed by atoms with Crippen molar-refractivity contribution < 1.29 is 37.6 Å². The van der Waals surface area contributed by atoms with E-state index in [2.05, 4.69) is 37.6 Å². The van der Waals surface area contributed by atoms with E-state index >= 15 is 0 Å². The number of likely N-dealkylation sites (N-methyl/N-ethyl adjacent to an activating group) is 1. The van der Waals surface area contributed by atoms with Crippen LogP contribution in [-0.4, -0.2) is 89.1 Å². The van der Waals surface area contributed by atoms with Gasteiger partial charge in [-0.3, -0.25) is 33.4 Å². The lowest BCUT2D eigenvalue weighted by molar-refractivity contribution is -0.139. The van der Waals surface area contributed by atoms with Gasteiger partial charge < -0.3 is 30.4 Å². The van der Waals surface area contributed by atoms with Gasteiger partial charge in [-0.2, -0.15) is 5.10 Å². The smallest absolute Gasteiger partial charge is 0.272 e. The molecular weight excluding hydrogens is 782 g/mol. The van der Waals surface area contributed by atoms with Crippen molar-refractivity contribution in [2.45, 2.75) is 128 Å². The topological polar surface area (TPSA) is 205 Å². The molecule has 1 saturated heterocycles. The Kier molecular flexibility index (Phi) is 15.1. The molecule has 3 fully saturated rings. The zero-order valence-corrected chi connectivity index (χ0v) is 35.5. The van der Waals surface area contributed by atoms with Crippen molar-refractivity contribution >= 4 is 45.5 Å². The maximum Gasteiger partial charge on any atom is 0.272 e. The van der Waals surface area contributed by atoms with Crippen LogP contribution in [0.1, 0.15) is 115 Å². The Bertz CT molecular complexity index is 2110. The number of H-pyrrole nitrogens is 1. The molecule has 0 spiro atoms. The first kappa shape index (κ1) is 45.0. The summed E-state index contributed by atoms with van der Waals surface area (Å²) < 4.78 is 34.8. The Morgan fingerprint density at radius 1 is 1.12 bits per heavy atom. The lowest BCUT2D eigenvalue weighted by atomic mass is 10.0. The second-order valence-corrected chi connectivity index (χ2v) is 18.1. The van der Waals surface area contributed by atoms with Gasteiger partial charge in [-0.1, -0.05) is 25.0 Å². The predicted octanol–water partition coefficient (Wildman–Crippen LogP) is 4.93. The number of unbranched alkanes of at least 4 members (excludes halogenated alkanes) is 3. The zero-order valence-electron chi connectivity index (χ0n) is 34.7. The average Bonchev–Trinajstić information content (AvgIpc) is 4.00. The van der Waals surface area contributed by atoms with E-state index in [0.717, 1.165) is 57.4 Å². The minimum atomic E-state index is -1.29. The number of rotatable bonds is 17. The van der Waals surface area contributed by atoms with Crippen molar-refractivity contribution in [3.63, 3.8) is 0 Å². The van der Waals surface area contributed by atoms with E-state index in [9.17, 15) is 37.7 Å².